The Hall–Kier alpha value is -3.36. The van der Waals surface area contributed by atoms with Gasteiger partial charge in [-0.05, 0) is 24.3 Å². The summed E-state index contributed by atoms with van der Waals surface area (Å²) < 4.78 is 0. The molecule has 0 saturated heterocycles. The topological polar surface area (TPSA) is 126 Å². The van der Waals surface area contributed by atoms with Gasteiger partial charge in [0, 0.05) is 24.3 Å². The van der Waals surface area contributed by atoms with Crippen molar-refractivity contribution in [2.75, 3.05) is 5.01 Å². The van der Waals surface area contributed by atoms with E-state index in [2.05, 4.69) is 5.22 Å². The molecule has 2 aromatic rings. The van der Waals surface area contributed by atoms with E-state index in [0.717, 1.165) is 0 Å². The molecule has 0 aliphatic carbocycles. The second kappa shape index (κ2) is 5.74. The highest BCUT2D eigenvalue weighted by atomic mass is 16.6. The summed E-state index contributed by atoms with van der Waals surface area (Å²) in [6.45, 7) is 0. The molecule has 0 aromatic heterocycles. The van der Waals surface area contributed by atoms with Gasteiger partial charge in [-0.2, -0.15) is 5.53 Å². The van der Waals surface area contributed by atoms with E-state index >= 15 is 0 Å². The fraction of sp³-hybridized carbons (Fsp3) is 0. The van der Waals surface area contributed by atoms with Gasteiger partial charge in [-0.3, -0.25) is 20.2 Å². The average Bonchev–Trinajstić information content (AvgIpc) is 2.49. The molecule has 0 saturated carbocycles. The summed E-state index contributed by atoms with van der Waals surface area (Å²) in [4.78, 5) is 20.1. The molecule has 0 spiro atoms. The Balaban J connectivity index is 2.32. The van der Waals surface area contributed by atoms with Crippen LogP contribution in [0.4, 0.5) is 22.7 Å². The summed E-state index contributed by atoms with van der Waals surface area (Å²) >= 11 is 0. The minimum atomic E-state index is -0.530. The minimum Gasteiger partial charge on any atom is -0.258 e. The number of hydrogen-bond acceptors (Lipinski definition) is 6. The van der Waals surface area contributed by atoms with E-state index in [4.69, 9.17) is 5.53 Å². The largest absolute Gasteiger partial charge is 0.269 e. The zero-order valence-corrected chi connectivity index (χ0v) is 10.5. The van der Waals surface area contributed by atoms with Crippen LogP contribution in [0.1, 0.15) is 0 Å². The average molecular weight is 287 g/mol. The molecule has 0 aliphatic heterocycles. The van der Waals surface area contributed by atoms with Crippen molar-refractivity contribution >= 4 is 22.7 Å². The summed E-state index contributed by atoms with van der Waals surface area (Å²) in [5, 5.41) is 25.7. The van der Waals surface area contributed by atoms with Crippen LogP contribution in [0.3, 0.4) is 0 Å². The number of nitrogens with one attached hydrogen (secondary N) is 1. The summed E-state index contributed by atoms with van der Waals surface area (Å²) in [6, 6.07) is 10.9. The third-order valence-corrected chi connectivity index (χ3v) is 2.71. The van der Waals surface area contributed by atoms with Gasteiger partial charge in [0.05, 0.1) is 21.2 Å². The van der Waals surface area contributed by atoms with Gasteiger partial charge in [0.15, 0.2) is 0 Å². The number of nitrogens with zero attached hydrogens (tertiary/aromatic N) is 4. The van der Waals surface area contributed by atoms with Crippen LogP contribution in [-0.4, -0.2) is 9.85 Å². The fourth-order valence-electron chi connectivity index (χ4n) is 1.70. The lowest BCUT2D eigenvalue weighted by Crippen LogP contribution is -2.07. The van der Waals surface area contributed by atoms with Crippen LogP contribution in [0.15, 0.2) is 53.8 Å². The first-order chi connectivity index (χ1) is 10.0. The highest BCUT2D eigenvalue weighted by molar-refractivity contribution is 5.64. The molecule has 2 aromatic carbocycles. The molecule has 0 unspecified atom stereocenters. The minimum absolute atomic E-state index is 0.0765. The molecule has 0 fully saturated rings. The number of benzene rings is 2. The van der Waals surface area contributed by atoms with E-state index in [1.807, 2.05) is 0 Å². The first-order valence-electron chi connectivity index (χ1n) is 5.69. The van der Waals surface area contributed by atoms with Crippen LogP contribution in [0.2, 0.25) is 0 Å². The summed E-state index contributed by atoms with van der Waals surface area (Å²) in [5.74, 6) is 0. The second-order valence-electron chi connectivity index (χ2n) is 3.96. The van der Waals surface area contributed by atoms with Gasteiger partial charge in [-0.1, -0.05) is 5.22 Å². The second-order valence-corrected chi connectivity index (χ2v) is 3.96. The lowest BCUT2D eigenvalue weighted by Gasteiger charge is -2.16. The van der Waals surface area contributed by atoms with Crippen LogP contribution < -0.4 is 5.01 Å². The summed E-state index contributed by atoms with van der Waals surface area (Å²) in [6.07, 6.45) is 0. The molecule has 106 valence electrons. The normalized spacial score (nSPS) is 9.90. The van der Waals surface area contributed by atoms with Crippen LogP contribution in [0, 0.1) is 25.8 Å². The molecule has 0 amide bonds. The molecule has 0 aliphatic rings. The van der Waals surface area contributed by atoms with E-state index in [9.17, 15) is 20.2 Å². The van der Waals surface area contributed by atoms with Crippen molar-refractivity contribution in [3.05, 3.63) is 68.8 Å². The third-order valence-electron chi connectivity index (χ3n) is 2.71. The van der Waals surface area contributed by atoms with Crippen molar-refractivity contribution in [2.45, 2.75) is 0 Å². The lowest BCUT2D eigenvalue weighted by molar-refractivity contribution is -0.385. The number of nitro groups is 2. The van der Waals surface area contributed by atoms with Crippen LogP contribution >= 0.6 is 0 Å². The molecule has 0 radical (unpaired) electrons. The maximum Gasteiger partial charge on any atom is 0.269 e. The molecule has 1 N–H and O–H groups in total. The first kappa shape index (κ1) is 14.1. The lowest BCUT2D eigenvalue weighted by atomic mass is 10.2. The van der Waals surface area contributed by atoms with Gasteiger partial charge in [-0.25, -0.2) is 5.01 Å². The Labute approximate surface area is 118 Å². The molecular weight excluding hydrogens is 278 g/mol. The fourth-order valence-corrected chi connectivity index (χ4v) is 1.70. The smallest absolute Gasteiger partial charge is 0.258 e. The molecule has 0 bridgehead atoms. The molecule has 9 nitrogen and oxygen atoms in total. The Morgan fingerprint density at radius 1 is 0.810 bits per heavy atom. The standard InChI is InChI=1S/C12H9N5O4/c13-14-15(9-1-5-11(6-2-9)16(18)19)10-3-7-12(8-4-10)17(20)21/h1-8,13H. The van der Waals surface area contributed by atoms with E-state index in [0.29, 0.717) is 11.4 Å². The van der Waals surface area contributed by atoms with Crippen LogP contribution in [0.25, 0.3) is 0 Å². The molecule has 2 rings (SSSR count). The summed E-state index contributed by atoms with van der Waals surface area (Å²) in [5.41, 5.74) is 7.91. The van der Waals surface area contributed by atoms with Crippen molar-refractivity contribution in [1.29, 1.82) is 5.53 Å². The highest BCUT2D eigenvalue weighted by Gasteiger charge is 2.12. The quantitative estimate of drug-likeness (QED) is 0.510. The van der Waals surface area contributed by atoms with E-state index < -0.39 is 9.85 Å². The number of non-ortho nitro benzene ring substituents is 2. The summed E-state index contributed by atoms with van der Waals surface area (Å²) in [7, 11) is 0. The van der Waals surface area contributed by atoms with Gasteiger partial charge in [0.25, 0.3) is 11.4 Å². The van der Waals surface area contributed by atoms with Crippen LogP contribution in [-0.2, 0) is 0 Å². The van der Waals surface area contributed by atoms with Crippen molar-refractivity contribution in [3.63, 3.8) is 0 Å². The predicted octanol–water partition coefficient (Wildman–Crippen LogP) is 3.59. The Kier molecular flexibility index (Phi) is 3.84. The van der Waals surface area contributed by atoms with Crippen molar-refractivity contribution in [2.24, 2.45) is 5.22 Å². The number of anilines is 2. The third kappa shape index (κ3) is 2.97. The van der Waals surface area contributed by atoms with Crippen LogP contribution in [0.5, 0.6) is 0 Å². The van der Waals surface area contributed by atoms with Crippen molar-refractivity contribution in [3.8, 4) is 0 Å². The van der Waals surface area contributed by atoms with Gasteiger partial charge in [0.2, 0.25) is 0 Å². The number of rotatable bonds is 5. The molecule has 0 atom stereocenters. The van der Waals surface area contributed by atoms with Gasteiger partial charge >= 0.3 is 0 Å². The highest BCUT2D eigenvalue weighted by Crippen LogP contribution is 2.28. The van der Waals surface area contributed by atoms with Crippen molar-refractivity contribution in [1.82, 2.24) is 0 Å². The Morgan fingerprint density at radius 3 is 1.38 bits per heavy atom. The molecule has 0 heterocycles. The van der Waals surface area contributed by atoms with Gasteiger partial charge < -0.3 is 0 Å². The van der Waals surface area contributed by atoms with Gasteiger partial charge in [-0.15, -0.1) is 0 Å². The zero-order chi connectivity index (χ0) is 15.4. The maximum absolute atomic E-state index is 10.6. The monoisotopic (exact) mass is 287 g/mol. The van der Waals surface area contributed by atoms with Gasteiger partial charge in [0.1, 0.15) is 0 Å². The Morgan fingerprint density at radius 2 is 1.14 bits per heavy atom. The van der Waals surface area contributed by atoms with E-state index in [1.54, 1.807) is 0 Å². The molecule has 21 heavy (non-hydrogen) atoms. The predicted molar refractivity (Wildman–Crippen MR) is 73.5 cm³/mol. The number of nitro benzene ring substituents is 2. The van der Waals surface area contributed by atoms with Crippen molar-refractivity contribution < 1.29 is 9.85 Å². The first-order valence-corrected chi connectivity index (χ1v) is 5.69. The SMILES string of the molecule is N=NN(c1ccc([N+](=O)[O-])cc1)c1ccc([N+](=O)[O-])cc1. The maximum atomic E-state index is 10.6. The van der Waals surface area contributed by atoms with E-state index in [1.165, 1.54) is 53.5 Å². The Bertz CT molecular complexity index is 626. The molecular formula is C12H9N5O4. The zero-order valence-electron chi connectivity index (χ0n) is 10.5. The number of hydrogen-bond donors (Lipinski definition) is 1. The molecule has 9 heteroatoms. The van der Waals surface area contributed by atoms with E-state index in [-0.39, 0.29) is 11.4 Å².